The molecule has 4 nitrogen and oxygen atoms in total. The molecule has 2 aromatic rings. The Bertz CT molecular complexity index is 263. The lowest BCUT2D eigenvalue weighted by atomic mass is 10.5. The summed E-state index contributed by atoms with van der Waals surface area (Å²) >= 11 is 0. The van der Waals surface area contributed by atoms with Crippen LogP contribution >= 0.6 is 0 Å². The van der Waals surface area contributed by atoms with Crippen molar-refractivity contribution in [3.05, 3.63) is 61.2 Å². The molecule has 0 atom stereocenters. The molecule has 0 spiro atoms. The third kappa shape index (κ3) is 14.3. The Morgan fingerprint density at radius 1 is 0.812 bits per heavy atom. The van der Waals surface area contributed by atoms with Crippen molar-refractivity contribution in [3.8, 4) is 0 Å². The van der Waals surface area contributed by atoms with E-state index in [0.717, 1.165) is 6.92 Å². The zero-order valence-electron chi connectivity index (χ0n) is 9.02. The Hall–Kier alpha value is -2.23. The van der Waals surface area contributed by atoms with Gasteiger partial charge in [0.25, 0.3) is 5.97 Å². The number of hydrogen-bond acceptors (Lipinski definition) is 3. The van der Waals surface area contributed by atoms with Gasteiger partial charge in [0.1, 0.15) is 0 Å². The van der Waals surface area contributed by atoms with E-state index in [9.17, 15) is 0 Å². The molecule has 0 fully saturated rings. The van der Waals surface area contributed by atoms with Crippen LogP contribution in [0.2, 0.25) is 0 Å². The van der Waals surface area contributed by atoms with E-state index in [4.69, 9.17) is 9.90 Å². The average Bonchev–Trinajstić information content (AvgIpc) is 2.34. The molecule has 16 heavy (non-hydrogen) atoms. The number of pyridine rings is 2. The summed E-state index contributed by atoms with van der Waals surface area (Å²) in [4.78, 5) is 16.6. The van der Waals surface area contributed by atoms with Gasteiger partial charge in [-0.15, -0.1) is 0 Å². The summed E-state index contributed by atoms with van der Waals surface area (Å²) in [5.41, 5.74) is 0. The maximum absolute atomic E-state index is 9.00. The van der Waals surface area contributed by atoms with Crippen LogP contribution in [0, 0.1) is 0 Å². The molecular weight excluding hydrogens is 204 g/mol. The van der Waals surface area contributed by atoms with E-state index in [1.165, 1.54) is 0 Å². The number of rotatable bonds is 0. The monoisotopic (exact) mass is 218 g/mol. The summed E-state index contributed by atoms with van der Waals surface area (Å²) in [5, 5.41) is 7.42. The quantitative estimate of drug-likeness (QED) is 0.736. The maximum atomic E-state index is 9.00. The van der Waals surface area contributed by atoms with Gasteiger partial charge in [-0.25, -0.2) is 0 Å². The van der Waals surface area contributed by atoms with Crippen molar-refractivity contribution in [2.75, 3.05) is 0 Å². The van der Waals surface area contributed by atoms with Crippen LogP contribution in [0.5, 0.6) is 0 Å². The molecule has 0 aliphatic rings. The van der Waals surface area contributed by atoms with Crippen LogP contribution in [0.15, 0.2) is 61.2 Å². The van der Waals surface area contributed by atoms with E-state index in [1.54, 1.807) is 24.8 Å². The third-order valence-electron chi connectivity index (χ3n) is 1.13. The molecule has 0 amide bonds. The summed E-state index contributed by atoms with van der Waals surface area (Å²) in [6, 6.07) is 11.4. The van der Waals surface area contributed by atoms with Gasteiger partial charge in [0.05, 0.1) is 0 Å². The van der Waals surface area contributed by atoms with Crippen molar-refractivity contribution in [3.63, 3.8) is 0 Å². The SMILES string of the molecule is CC(=O)O.c1ccncc1.c1ccncc1. The first-order chi connectivity index (χ1) is 7.73. The largest absolute Gasteiger partial charge is 0.481 e. The molecule has 0 bridgehead atoms. The summed E-state index contributed by atoms with van der Waals surface area (Å²) in [6.45, 7) is 1.08. The Balaban J connectivity index is 0.000000217. The molecule has 0 saturated heterocycles. The first-order valence-corrected chi connectivity index (χ1v) is 4.63. The van der Waals surface area contributed by atoms with E-state index < -0.39 is 5.97 Å². The highest BCUT2D eigenvalue weighted by atomic mass is 16.4. The van der Waals surface area contributed by atoms with E-state index in [0.29, 0.717) is 0 Å². The van der Waals surface area contributed by atoms with Gasteiger partial charge in [-0.1, -0.05) is 12.1 Å². The van der Waals surface area contributed by atoms with Crippen molar-refractivity contribution in [1.82, 2.24) is 9.97 Å². The standard InChI is InChI=1S/2C5H5N.C2H4O2/c2*1-2-4-6-5-3-1;1-2(3)4/h2*1-5H;1H3,(H,3,4). The smallest absolute Gasteiger partial charge is 0.300 e. The Morgan fingerprint density at radius 3 is 1.12 bits per heavy atom. The Labute approximate surface area is 94.6 Å². The molecule has 0 aliphatic carbocycles. The van der Waals surface area contributed by atoms with Gasteiger partial charge in [-0.05, 0) is 24.3 Å². The predicted octanol–water partition coefficient (Wildman–Crippen LogP) is 2.25. The molecule has 84 valence electrons. The Morgan fingerprint density at radius 2 is 1.06 bits per heavy atom. The molecular formula is C12H14N2O2. The third-order valence-corrected chi connectivity index (χ3v) is 1.13. The van der Waals surface area contributed by atoms with Gasteiger partial charge in [-0.3, -0.25) is 14.8 Å². The van der Waals surface area contributed by atoms with Gasteiger partial charge in [0.2, 0.25) is 0 Å². The van der Waals surface area contributed by atoms with Crippen LogP contribution in [-0.4, -0.2) is 21.0 Å². The normalized spacial score (nSPS) is 7.56. The molecule has 0 saturated carbocycles. The van der Waals surface area contributed by atoms with Gasteiger partial charge in [0, 0.05) is 31.7 Å². The van der Waals surface area contributed by atoms with Crippen molar-refractivity contribution >= 4 is 5.97 Å². The number of aliphatic carboxylic acids is 1. The van der Waals surface area contributed by atoms with E-state index in [-0.39, 0.29) is 0 Å². The highest BCUT2D eigenvalue weighted by Gasteiger charge is 1.65. The lowest BCUT2D eigenvalue weighted by Gasteiger charge is -1.70. The topological polar surface area (TPSA) is 63.1 Å². The average molecular weight is 218 g/mol. The Kier molecular flexibility index (Phi) is 9.34. The zero-order valence-corrected chi connectivity index (χ0v) is 9.02. The predicted molar refractivity (Wildman–Crippen MR) is 61.8 cm³/mol. The minimum absolute atomic E-state index is 0.833. The van der Waals surface area contributed by atoms with Gasteiger partial charge in [0.15, 0.2) is 0 Å². The fourth-order valence-corrected chi connectivity index (χ4v) is 0.625. The molecule has 1 N–H and O–H groups in total. The number of carboxylic acid groups (broad SMARTS) is 1. The molecule has 2 rings (SSSR count). The molecule has 0 aromatic carbocycles. The minimum atomic E-state index is -0.833. The summed E-state index contributed by atoms with van der Waals surface area (Å²) < 4.78 is 0. The summed E-state index contributed by atoms with van der Waals surface area (Å²) in [5.74, 6) is -0.833. The van der Waals surface area contributed by atoms with Gasteiger partial charge < -0.3 is 5.11 Å². The number of carbonyl (C=O) groups is 1. The van der Waals surface area contributed by atoms with Crippen LogP contribution in [-0.2, 0) is 4.79 Å². The van der Waals surface area contributed by atoms with Crippen LogP contribution in [0.1, 0.15) is 6.92 Å². The van der Waals surface area contributed by atoms with Crippen LogP contribution in [0.25, 0.3) is 0 Å². The number of nitrogens with zero attached hydrogens (tertiary/aromatic N) is 2. The first kappa shape index (κ1) is 13.8. The maximum Gasteiger partial charge on any atom is 0.300 e. The van der Waals surface area contributed by atoms with Crippen molar-refractivity contribution in [2.24, 2.45) is 0 Å². The second kappa shape index (κ2) is 10.8. The minimum Gasteiger partial charge on any atom is -0.481 e. The molecule has 0 unspecified atom stereocenters. The van der Waals surface area contributed by atoms with E-state index in [2.05, 4.69) is 9.97 Å². The highest BCUT2D eigenvalue weighted by molar-refractivity contribution is 5.62. The lowest BCUT2D eigenvalue weighted by Crippen LogP contribution is -1.78. The molecule has 2 aromatic heterocycles. The second-order valence-electron chi connectivity index (χ2n) is 2.57. The molecule has 2 heterocycles. The summed E-state index contributed by atoms with van der Waals surface area (Å²) in [7, 11) is 0. The van der Waals surface area contributed by atoms with Crippen molar-refractivity contribution < 1.29 is 9.90 Å². The fourth-order valence-electron chi connectivity index (χ4n) is 0.625. The lowest BCUT2D eigenvalue weighted by molar-refractivity contribution is -0.134. The number of hydrogen-bond donors (Lipinski definition) is 1. The van der Waals surface area contributed by atoms with Crippen molar-refractivity contribution in [1.29, 1.82) is 0 Å². The first-order valence-electron chi connectivity index (χ1n) is 4.63. The number of aromatic nitrogens is 2. The van der Waals surface area contributed by atoms with Gasteiger partial charge >= 0.3 is 0 Å². The number of carboxylic acids is 1. The zero-order chi connectivity index (χ0) is 12.1. The van der Waals surface area contributed by atoms with E-state index in [1.807, 2.05) is 36.4 Å². The van der Waals surface area contributed by atoms with E-state index >= 15 is 0 Å². The van der Waals surface area contributed by atoms with Crippen LogP contribution in [0.3, 0.4) is 0 Å². The van der Waals surface area contributed by atoms with Crippen LogP contribution < -0.4 is 0 Å². The molecule has 4 heteroatoms. The summed E-state index contributed by atoms with van der Waals surface area (Å²) in [6.07, 6.45) is 7.00. The molecule has 0 radical (unpaired) electrons. The van der Waals surface area contributed by atoms with Gasteiger partial charge in [-0.2, -0.15) is 0 Å². The van der Waals surface area contributed by atoms with Crippen LogP contribution in [0.4, 0.5) is 0 Å². The fraction of sp³-hybridized carbons (Fsp3) is 0.0833. The second-order valence-corrected chi connectivity index (χ2v) is 2.57. The highest BCUT2D eigenvalue weighted by Crippen LogP contribution is 1.74. The van der Waals surface area contributed by atoms with Crippen molar-refractivity contribution in [2.45, 2.75) is 6.92 Å². The molecule has 0 aliphatic heterocycles.